The van der Waals surface area contributed by atoms with Crippen LogP contribution in [0.4, 0.5) is 5.82 Å². The first kappa shape index (κ1) is 21.6. The van der Waals surface area contributed by atoms with Crippen molar-refractivity contribution in [1.29, 1.82) is 0 Å². The molecule has 0 atom stereocenters. The Labute approximate surface area is 200 Å². The quantitative estimate of drug-likeness (QED) is 0.195. The number of nitrogens with one attached hydrogen (secondary N) is 1. The van der Waals surface area contributed by atoms with Crippen LogP contribution in [0.2, 0.25) is 5.02 Å². The number of halogens is 1. The molecule has 34 heavy (non-hydrogen) atoms. The SMILES string of the molecule is Nc1nonc1-n1nnc(C(=O)N/N=C/c2ccccc2Cl)c1CSc1nc2ccccc2o1. The van der Waals surface area contributed by atoms with E-state index >= 15 is 0 Å². The molecule has 3 aromatic heterocycles. The minimum Gasteiger partial charge on any atom is -0.431 e. The molecule has 2 aromatic carbocycles. The van der Waals surface area contributed by atoms with Crippen molar-refractivity contribution in [3.05, 3.63) is 70.5 Å². The lowest BCUT2D eigenvalue weighted by Gasteiger charge is -2.04. The van der Waals surface area contributed by atoms with Gasteiger partial charge in [-0.05, 0) is 28.5 Å². The number of aromatic nitrogens is 6. The Morgan fingerprint density at radius 2 is 2.03 bits per heavy atom. The van der Waals surface area contributed by atoms with Crippen molar-refractivity contribution in [2.45, 2.75) is 11.0 Å². The van der Waals surface area contributed by atoms with Crippen LogP contribution in [-0.4, -0.2) is 42.4 Å². The Morgan fingerprint density at radius 3 is 2.82 bits per heavy atom. The summed E-state index contributed by atoms with van der Waals surface area (Å²) < 4.78 is 11.7. The monoisotopic (exact) mass is 495 g/mol. The van der Waals surface area contributed by atoms with E-state index in [4.69, 9.17) is 21.8 Å². The molecular formula is C20H14ClN9O3S. The minimum atomic E-state index is -0.599. The van der Waals surface area contributed by atoms with Crippen LogP contribution in [0.15, 0.2) is 67.9 Å². The highest BCUT2D eigenvalue weighted by Crippen LogP contribution is 2.28. The van der Waals surface area contributed by atoms with Gasteiger partial charge in [-0.3, -0.25) is 4.79 Å². The van der Waals surface area contributed by atoms with E-state index in [0.717, 1.165) is 0 Å². The Bertz CT molecular complexity index is 1480. The molecule has 12 nitrogen and oxygen atoms in total. The van der Waals surface area contributed by atoms with Gasteiger partial charge in [0.25, 0.3) is 11.1 Å². The molecule has 3 N–H and O–H groups in total. The van der Waals surface area contributed by atoms with Crippen molar-refractivity contribution in [1.82, 2.24) is 35.7 Å². The average molecular weight is 496 g/mol. The largest absolute Gasteiger partial charge is 0.431 e. The van der Waals surface area contributed by atoms with E-state index in [2.05, 4.69) is 40.8 Å². The van der Waals surface area contributed by atoms with Gasteiger partial charge in [-0.25, -0.2) is 15.0 Å². The number of hydrazone groups is 1. The molecule has 0 fully saturated rings. The van der Waals surface area contributed by atoms with Crippen LogP contribution in [0.1, 0.15) is 21.7 Å². The Kier molecular flexibility index (Phi) is 5.93. The first-order valence-electron chi connectivity index (χ1n) is 9.69. The highest BCUT2D eigenvalue weighted by Gasteiger charge is 2.24. The van der Waals surface area contributed by atoms with Crippen molar-refractivity contribution in [2.24, 2.45) is 5.10 Å². The number of nitrogens with zero attached hydrogens (tertiary/aromatic N) is 7. The molecule has 14 heteroatoms. The van der Waals surface area contributed by atoms with Crippen LogP contribution in [-0.2, 0) is 5.75 Å². The summed E-state index contributed by atoms with van der Waals surface area (Å²) in [6, 6.07) is 14.4. The lowest BCUT2D eigenvalue weighted by atomic mass is 10.2. The van der Waals surface area contributed by atoms with E-state index in [-0.39, 0.29) is 23.1 Å². The molecule has 0 saturated heterocycles. The van der Waals surface area contributed by atoms with Gasteiger partial charge >= 0.3 is 0 Å². The minimum absolute atomic E-state index is 0.00215. The molecule has 0 unspecified atom stereocenters. The maximum atomic E-state index is 12.8. The number of thioether (sulfide) groups is 1. The van der Waals surface area contributed by atoms with Crippen LogP contribution in [0.3, 0.4) is 0 Å². The average Bonchev–Trinajstić information content (AvgIpc) is 3.56. The van der Waals surface area contributed by atoms with E-state index < -0.39 is 5.91 Å². The smallest absolute Gasteiger partial charge is 0.293 e. The number of fused-ring (bicyclic) bond motifs is 1. The number of oxazole rings is 1. The summed E-state index contributed by atoms with van der Waals surface area (Å²) in [4.78, 5) is 17.3. The fourth-order valence-electron chi connectivity index (χ4n) is 2.95. The molecule has 5 aromatic rings. The zero-order valence-corrected chi connectivity index (χ0v) is 18.7. The molecule has 0 aliphatic carbocycles. The van der Waals surface area contributed by atoms with Gasteiger partial charge in [0.05, 0.1) is 11.9 Å². The molecule has 0 bridgehead atoms. The van der Waals surface area contributed by atoms with Crippen LogP contribution in [0.25, 0.3) is 16.9 Å². The van der Waals surface area contributed by atoms with Gasteiger partial charge < -0.3 is 10.2 Å². The van der Waals surface area contributed by atoms with Gasteiger partial charge in [0.1, 0.15) is 5.52 Å². The van der Waals surface area contributed by atoms with Crippen molar-refractivity contribution in [3.8, 4) is 5.82 Å². The summed E-state index contributed by atoms with van der Waals surface area (Å²) in [5.41, 5.74) is 10.6. The number of amides is 1. The number of benzene rings is 2. The summed E-state index contributed by atoms with van der Waals surface area (Å²) in [5, 5.41) is 20.1. The van der Waals surface area contributed by atoms with Crippen LogP contribution < -0.4 is 11.2 Å². The van der Waals surface area contributed by atoms with E-state index in [1.165, 1.54) is 22.7 Å². The highest BCUT2D eigenvalue weighted by molar-refractivity contribution is 7.98. The second kappa shape index (κ2) is 9.33. The van der Waals surface area contributed by atoms with Crippen LogP contribution in [0, 0.1) is 0 Å². The first-order chi connectivity index (χ1) is 16.6. The lowest BCUT2D eigenvalue weighted by molar-refractivity contribution is 0.0949. The molecule has 0 saturated carbocycles. The van der Waals surface area contributed by atoms with E-state index in [1.807, 2.05) is 24.3 Å². The lowest BCUT2D eigenvalue weighted by Crippen LogP contribution is -2.20. The Morgan fingerprint density at radius 1 is 1.21 bits per heavy atom. The van der Waals surface area contributed by atoms with E-state index in [9.17, 15) is 4.79 Å². The number of carbonyl (C=O) groups excluding carboxylic acids is 1. The molecular weight excluding hydrogens is 482 g/mol. The molecule has 0 radical (unpaired) electrons. The van der Waals surface area contributed by atoms with Crippen molar-refractivity contribution in [2.75, 3.05) is 5.73 Å². The van der Waals surface area contributed by atoms with Crippen LogP contribution >= 0.6 is 23.4 Å². The molecule has 3 heterocycles. The normalized spacial score (nSPS) is 11.4. The van der Waals surface area contributed by atoms with Gasteiger partial charge in [-0.2, -0.15) is 9.78 Å². The molecule has 0 aliphatic rings. The first-order valence-corrected chi connectivity index (χ1v) is 11.1. The van der Waals surface area contributed by atoms with Gasteiger partial charge in [0, 0.05) is 16.3 Å². The van der Waals surface area contributed by atoms with Crippen LogP contribution in [0.5, 0.6) is 0 Å². The number of hydrogen-bond donors (Lipinski definition) is 2. The number of para-hydroxylation sites is 2. The molecule has 0 spiro atoms. The zero-order valence-electron chi connectivity index (χ0n) is 17.1. The van der Waals surface area contributed by atoms with Crippen molar-refractivity contribution in [3.63, 3.8) is 0 Å². The molecule has 1 amide bonds. The van der Waals surface area contributed by atoms with Gasteiger partial charge in [-0.15, -0.1) is 5.10 Å². The van der Waals surface area contributed by atoms with E-state index in [0.29, 0.717) is 32.6 Å². The Balaban J connectivity index is 1.41. The standard InChI is InChI=1S/C20H14ClN9O3S/c21-12-6-2-1-5-11(12)9-23-26-19(31)16-14(30(29-25-16)18-17(22)27-33-28-18)10-34-20-24-13-7-3-4-8-15(13)32-20/h1-9H,10H2,(H2,22,27)(H,26,31)/b23-9+. The highest BCUT2D eigenvalue weighted by atomic mass is 35.5. The maximum Gasteiger partial charge on any atom is 0.293 e. The summed E-state index contributed by atoms with van der Waals surface area (Å²) in [6.07, 6.45) is 1.43. The van der Waals surface area contributed by atoms with Gasteiger partial charge in [0.15, 0.2) is 11.3 Å². The number of anilines is 1. The number of rotatable bonds is 7. The predicted octanol–water partition coefficient (Wildman–Crippen LogP) is 3.08. The number of nitrogen functional groups attached to an aromatic ring is 1. The number of nitrogens with two attached hydrogens (primary N) is 1. The Hall–Kier alpha value is -4.23. The summed E-state index contributed by atoms with van der Waals surface area (Å²) >= 11 is 7.35. The van der Waals surface area contributed by atoms with Gasteiger partial charge in [0.2, 0.25) is 11.6 Å². The van der Waals surface area contributed by atoms with Crippen molar-refractivity contribution < 1.29 is 13.8 Å². The zero-order chi connectivity index (χ0) is 23.5. The van der Waals surface area contributed by atoms with Crippen molar-refractivity contribution >= 4 is 52.4 Å². The number of carbonyl (C=O) groups is 1. The summed E-state index contributed by atoms with van der Waals surface area (Å²) in [7, 11) is 0. The van der Waals surface area contributed by atoms with Gasteiger partial charge in [-0.1, -0.05) is 58.9 Å². The molecule has 170 valence electrons. The second-order valence-electron chi connectivity index (χ2n) is 6.73. The second-order valence-corrected chi connectivity index (χ2v) is 8.06. The summed E-state index contributed by atoms with van der Waals surface area (Å²) in [5.74, 6) is -0.318. The molecule has 5 rings (SSSR count). The fraction of sp³-hybridized carbons (Fsp3) is 0.0500. The topological polar surface area (TPSA) is 163 Å². The predicted molar refractivity (Wildman–Crippen MR) is 124 cm³/mol. The number of hydrogen-bond acceptors (Lipinski definition) is 11. The molecule has 0 aliphatic heterocycles. The van der Waals surface area contributed by atoms with E-state index in [1.54, 1.807) is 24.3 Å². The third-order valence-electron chi connectivity index (χ3n) is 4.56. The third-order valence-corrected chi connectivity index (χ3v) is 5.74. The maximum absolute atomic E-state index is 12.8. The third kappa shape index (κ3) is 4.33. The summed E-state index contributed by atoms with van der Waals surface area (Å²) in [6.45, 7) is 0. The fourth-order valence-corrected chi connectivity index (χ4v) is 3.97.